The van der Waals surface area contributed by atoms with Gasteiger partial charge in [-0.1, -0.05) is 24.3 Å². The molecule has 0 radical (unpaired) electrons. The van der Waals surface area contributed by atoms with Gasteiger partial charge in [-0.3, -0.25) is 4.57 Å². The molecule has 70 valence electrons. The Morgan fingerprint density at radius 2 is 2.08 bits per heavy atom. The summed E-state index contributed by atoms with van der Waals surface area (Å²) in [6.07, 6.45) is 0. The highest BCUT2D eigenvalue weighted by Crippen LogP contribution is 2.56. The molecule has 0 aliphatic carbocycles. The van der Waals surface area contributed by atoms with Gasteiger partial charge in [-0.15, -0.1) is 0 Å². The molecular weight excluding hydrogens is 191 g/mol. The molecule has 1 unspecified atom stereocenters. The van der Waals surface area contributed by atoms with E-state index in [0.29, 0.717) is 5.56 Å². The summed E-state index contributed by atoms with van der Waals surface area (Å²) in [6.45, 7) is 0.284. The van der Waals surface area contributed by atoms with E-state index in [1.54, 1.807) is 12.1 Å². The summed E-state index contributed by atoms with van der Waals surface area (Å²) in [7, 11) is -4.17. The number of hydrogen-bond donors (Lipinski definition) is 2. The molecule has 0 aromatic heterocycles. The number of ether oxygens (including phenoxy) is 1. The Bertz CT molecular complexity index is 370. The molecule has 0 saturated heterocycles. The van der Waals surface area contributed by atoms with E-state index in [2.05, 4.69) is 0 Å². The van der Waals surface area contributed by atoms with Crippen LogP contribution in [0.4, 0.5) is 0 Å². The van der Waals surface area contributed by atoms with Crippen molar-refractivity contribution in [3.05, 3.63) is 35.4 Å². The van der Waals surface area contributed by atoms with Crippen LogP contribution in [0.5, 0.6) is 0 Å². The second-order valence-electron chi connectivity index (χ2n) is 2.95. The van der Waals surface area contributed by atoms with Gasteiger partial charge >= 0.3 is 7.60 Å². The van der Waals surface area contributed by atoms with E-state index in [0.717, 1.165) is 5.56 Å². The summed E-state index contributed by atoms with van der Waals surface area (Å²) in [4.78, 5) is 17.9. The molecule has 13 heavy (non-hydrogen) atoms. The summed E-state index contributed by atoms with van der Waals surface area (Å²) in [6, 6.07) is 7.07. The van der Waals surface area contributed by atoms with E-state index in [9.17, 15) is 4.57 Å². The minimum absolute atomic E-state index is 0.284. The Kier molecular flexibility index (Phi) is 2.00. The SMILES string of the molecule is O=P(O)(O)C1OCc2ccccc21. The van der Waals surface area contributed by atoms with Crippen molar-refractivity contribution < 1.29 is 19.1 Å². The number of hydrogen-bond acceptors (Lipinski definition) is 2. The molecule has 0 bridgehead atoms. The second-order valence-corrected chi connectivity index (χ2v) is 4.60. The number of fused-ring (bicyclic) bond motifs is 1. The molecule has 1 aliphatic rings. The van der Waals surface area contributed by atoms with E-state index in [4.69, 9.17) is 14.5 Å². The summed E-state index contributed by atoms with van der Waals surface area (Å²) < 4.78 is 16.0. The summed E-state index contributed by atoms with van der Waals surface area (Å²) in [5.41, 5.74) is 1.46. The second kappa shape index (κ2) is 2.93. The van der Waals surface area contributed by atoms with Gasteiger partial charge in [0, 0.05) is 0 Å². The predicted octanol–water partition coefficient (Wildman–Crippen LogP) is 1.39. The molecule has 5 heteroatoms. The fourth-order valence-electron chi connectivity index (χ4n) is 1.44. The first-order valence-corrected chi connectivity index (χ1v) is 5.52. The Labute approximate surface area is 75.3 Å². The zero-order chi connectivity index (χ0) is 9.47. The van der Waals surface area contributed by atoms with Gasteiger partial charge in [-0.2, -0.15) is 0 Å². The quantitative estimate of drug-likeness (QED) is 0.672. The van der Waals surface area contributed by atoms with Crippen molar-refractivity contribution in [2.24, 2.45) is 0 Å². The van der Waals surface area contributed by atoms with Crippen molar-refractivity contribution in [1.82, 2.24) is 0 Å². The van der Waals surface area contributed by atoms with E-state index in [1.807, 2.05) is 12.1 Å². The lowest BCUT2D eigenvalue weighted by Crippen LogP contribution is -1.96. The van der Waals surface area contributed by atoms with Crippen molar-refractivity contribution in [3.8, 4) is 0 Å². The van der Waals surface area contributed by atoms with Crippen molar-refractivity contribution in [2.75, 3.05) is 0 Å². The minimum atomic E-state index is -4.17. The van der Waals surface area contributed by atoms with E-state index in [-0.39, 0.29) is 6.61 Å². The third kappa shape index (κ3) is 1.54. The highest BCUT2D eigenvalue weighted by atomic mass is 31.2. The molecule has 0 spiro atoms. The first-order chi connectivity index (χ1) is 6.09. The van der Waals surface area contributed by atoms with Crippen molar-refractivity contribution in [1.29, 1.82) is 0 Å². The van der Waals surface area contributed by atoms with Crippen LogP contribution in [-0.2, 0) is 15.9 Å². The van der Waals surface area contributed by atoms with Crippen molar-refractivity contribution in [3.63, 3.8) is 0 Å². The summed E-state index contributed by atoms with van der Waals surface area (Å²) >= 11 is 0. The molecule has 2 N–H and O–H groups in total. The molecule has 0 amide bonds. The molecule has 4 nitrogen and oxygen atoms in total. The van der Waals surface area contributed by atoms with Gasteiger partial charge in [0.25, 0.3) is 0 Å². The van der Waals surface area contributed by atoms with Gasteiger partial charge < -0.3 is 14.5 Å². The molecule has 0 saturated carbocycles. The van der Waals surface area contributed by atoms with Gasteiger partial charge in [0.1, 0.15) is 0 Å². The van der Waals surface area contributed by atoms with Gasteiger partial charge in [0.15, 0.2) is 5.85 Å². The lowest BCUT2D eigenvalue weighted by Gasteiger charge is -2.12. The van der Waals surface area contributed by atoms with E-state index in [1.165, 1.54) is 0 Å². The first-order valence-electron chi connectivity index (χ1n) is 3.83. The molecule has 1 atom stereocenters. The topological polar surface area (TPSA) is 66.8 Å². The lowest BCUT2D eigenvalue weighted by molar-refractivity contribution is 0.0985. The monoisotopic (exact) mass is 200 g/mol. The van der Waals surface area contributed by atoms with Crippen LogP contribution in [0.2, 0.25) is 0 Å². The highest BCUT2D eigenvalue weighted by Gasteiger charge is 2.36. The van der Waals surface area contributed by atoms with Crippen LogP contribution in [0.15, 0.2) is 24.3 Å². The molecule has 2 rings (SSSR count). The van der Waals surface area contributed by atoms with Crippen LogP contribution < -0.4 is 0 Å². The molecule has 0 fully saturated rings. The fourth-order valence-corrected chi connectivity index (χ4v) is 2.33. The third-order valence-corrected chi connectivity index (χ3v) is 3.06. The predicted molar refractivity (Wildman–Crippen MR) is 46.0 cm³/mol. The molecule has 1 aromatic rings. The van der Waals surface area contributed by atoms with Crippen LogP contribution in [0.3, 0.4) is 0 Å². The minimum Gasteiger partial charge on any atom is -0.356 e. The third-order valence-electron chi connectivity index (χ3n) is 2.02. The zero-order valence-electron chi connectivity index (χ0n) is 6.75. The van der Waals surface area contributed by atoms with E-state index < -0.39 is 13.4 Å². The lowest BCUT2D eigenvalue weighted by atomic mass is 10.1. The van der Waals surface area contributed by atoms with E-state index >= 15 is 0 Å². The normalized spacial score (nSPS) is 21.5. The Morgan fingerprint density at radius 1 is 1.38 bits per heavy atom. The van der Waals surface area contributed by atoms with Crippen LogP contribution >= 0.6 is 7.60 Å². The summed E-state index contributed by atoms with van der Waals surface area (Å²) in [5.74, 6) is -1.07. The maximum atomic E-state index is 11.0. The van der Waals surface area contributed by atoms with Crippen LogP contribution in [-0.4, -0.2) is 9.79 Å². The fraction of sp³-hybridized carbons (Fsp3) is 0.250. The molecule has 1 aromatic carbocycles. The zero-order valence-corrected chi connectivity index (χ0v) is 7.65. The smallest absolute Gasteiger partial charge is 0.356 e. The Balaban J connectivity index is 2.45. The van der Waals surface area contributed by atoms with Gasteiger partial charge in [-0.25, -0.2) is 0 Å². The Morgan fingerprint density at radius 3 is 2.77 bits per heavy atom. The molecule has 1 aliphatic heterocycles. The molecule has 1 heterocycles. The van der Waals surface area contributed by atoms with Gasteiger partial charge in [0.05, 0.1) is 6.61 Å². The van der Waals surface area contributed by atoms with Crippen LogP contribution in [0.1, 0.15) is 17.0 Å². The average Bonchev–Trinajstić information content (AvgIpc) is 2.45. The van der Waals surface area contributed by atoms with Crippen LogP contribution in [0.25, 0.3) is 0 Å². The average molecular weight is 200 g/mol. The summed E-state index contributed by atoms with van der Waals surface area (Å²) in [5, 5.41) is 0. The Hall–Kier alpha value is -0.670. The molecular formula is C8H9O4P. The van der Waals surface area contributed by atoms with Crippen molar-refractivity contribution >= 4 is 7.60 Å². The van der Waals surface area contributed by atoms with Gasteiger partial charge in [0.2, 0.25) is 0 Å². The number of benzene rings is 1. The maximum Gasteiger partial charge on any atom is 0.358 e. The largest absolute Gasteiger partial charge is 0.358 e. The van der Waals surface area contributed by atoms with Crippen molar-refractivity contribution in [2.45, 2.75) is 12.5 Å². The van der Waals surface area contributed by atoms with Gasteiger partial charge in [-0.05, 0) is 11.1 Å². The standard InChI is InChI=1S/C8H9O4P/c9-13(10,11)8-7-4-2-1-3-6(7)5-12-8/h1-4,8H,5H2,(H2,9,10,11). The first kappa shape index (κ1) is 8.91. The van der Waals surface area contributed by atoms with Crippen LogP contribution in [0, 0.1) is 0 Å². The number of rotatable bonds is 1. The highest BCUT2D eigenvalue weighted by molar-refractivity contribution is 7.52. The maximum absolute atomic E-state index is 11.0.